The van der Waals surface area contributed by atoms with Crippen molar-refractivity contribution >= 4 is 40.5 Å². The van der Waals surface area contributed by atoms with Crippen LogP contribution in [0.4, 0.5) is 0 Å². The molecule has 4 aromatic rings. The number of carbonyl (C=O) groups is 5. The Morgan fingerprint density at radius 1 is 1.10 bits per heavy atom. The number of aromatic nitrogens is 5. The molecule has 2 saturated heterocycles. The van der Waals surface area contributed by atoms with Crippen molar-refractivity contribution in [1.82, 2.24) is 50.3 Å². The molecule has 3 aliphatic rings. The molecule has 0 radical (unpaired) electrons. The second-order valence-electron chi connectivity index (χ2n) is 17.1. The van der Waals surface area contributed by atoms with Gasteiger partial charge in [0.1, 0.15) is 24.5 Å². The standard InChI is InChI=1S/C43H54N10O7/c1-8-35(54)51-16-14-27(22-51)40(56)50(7)36(25(3)4)38(55)46-32-18-34-47-48-39(60-34)26-12-13-33-29(17-26)30(37(52(33)9-2)28-20-44-24-45-21-28)19-43(5,6)23-59-42(58)31-11-10-15-53(49-31)41(32)57/h8,12-13,17,20-21,24-25,27,31-32,36,49H,1,9-11,14-16,18-19,22-23H2,2-7H3,(H,46,55)/t27-,31-,32-,36-/m0/s1. The van der Waals surface area contributed by atoms with Gasteiger partial charge in [0.2, 0.25) is 29.5 Å². The van der Waals surface area contributed by atoms with Gasteiger partial charge >= 0.3 is 5.97 Å². The van der Waals surface area contributed by atoms with Gasteiger partial charge in [-0.05, 0) is 68.4 Å². The van der Waals surface area contributed by atoms with E-state index in [0.29, 0.717) is 44.3 Å². The molecule has 6 heterocycles. The number of likely N-dealkylation sites (tertiary alicyclic amines) is 1. The molecule has 2 fully saturated rings. The summed E-state index contributed by atoms with van der Waals surface area (Å²) >= 11 is 0. The Bertz CT molecular complexity index is 2280. The van der Waals surface area contributed by atoms with E-state index in [2.05, 4.69) is 49.0 Å². The fourth-order valence-corrected chi connectivity index (χ4v) is 8.74. The highest BCUT2D eigenvalue weighted by Crippen LogP contribution is 2.39. The zero-order valence-corrected chi connectivity index (χ0v) is 35.1. The Kier molecular flexibility index (Phi) is 12.2. The third-order valence-electron chi connectivity index (χ3n) is 11.7. The predicted molar refractivity (Wildman–Crippen MR) is 220 cm³/mol. The summed E-state index contributed by atoms with van der Waals surface area (Å²) in [6, 6.07) is 2.95. The minimum Gasteiger partial charge on any atom is -0.464 e. The molecule has 0 spiro atoms. The fraction of sp³-hybridized carbons (Fsp3) is 0.512. The maximum absolute atomic E-state index is 14.4. The lowest BCUT2D eigenvalue weighted by atomic mass is 9.84. The molecule has 4 amide bonds. The van der Waals surface area contributed by atoms with Crippen LogP contribution in [0.1, 0.15) is 65.3 Å². The van der Waals surface area contributed by atoms with Gasteiger partial charge < -0.3 is 28.8 Å². The van der Waals surface area contributed by atoms with E-state index < -0.39 is 47.2 Å². The summed E-state index contributed by atoms with van der Waals surface area (Å²) in [5, 5.41) is 13.9. The van der Waals surface area contributed by atoms with Gasteiger partial charge in [-0.2, -0.15) is 0 Å². The number of carbonyl (C=O) groups excluding carboxylic acids is 5. The Morgan fingerprint density at radius 3 is 2.58 bits per heavy atom. The van der Waals surface area contributed by atoms with Crippen molar-refractivity contribution in [2.24, 2.45) is 17.3 Å². The summed E-state index contributed by atoms with van der Waals surface area (Å²) in [5.41, 5.74) is 7.03. The topological polar surface area (TPSA) is 198 Å². The van der Waals surface area contributed by atoms with E-state index in [1.807, 2.05) is 45.9 Å². The summed E-state index contributed by atoms with van der Waals surface area (Å²) in [5.74, 6) is -2.57. The van der Waals surface area contributed by atoms with Gasteiger partial charge in [-0.1, -0.05) is 34.3 Å². The highest BCUT2D eigenvalue weighted by Gasteiger charge is 2.40. The summed E-state index contributed by atoms with van der Waals surface area (Å²) in [6.45, 7) is 15.1. The molecule has 17 heteroatoms. The maximum Gasteiger partial charge on any atom is 0.324 e. The van der Waals surface area contributed by atoms with E-state index in [4.69, 9.17) is 9.15 Å². The number of aryl methyl sites for hydroxylation is 1. The molecule has 318 valence electrons. The van der Waals surface area contributed by atoms with Crippen molar-refractivity contribution in [3.63, 3.8) is 0 Å². The van der Waals surface area contributed by atoms with Gasteiger partial charge in [-0.25, -0.2) is 15.4 Å². The van der Waals surface area contributed by atoms with Gasteiger partial charge in [-0.15, -0.1) is 10.2 Å². The van der Waals surface area contributed by atoms with Crippen molar-refractivity contribution in [2.45, 2.75) is 91.4 Å². The molecule has 0 saturated carbocycles. The summed E-state index contributed by atoms with van der Waals surface area (Å²) in [4.78, 5) is 80.0. The van der Waals surface area contributed by atoms with E-state index >= 15 is 0 Å². The van der Waals surface area contributed by atoms with Crippen molar-refractivity contribution < 1.29 is 33.1 Å². The van der Waals surface area contributed by atoms with Gasteiger partial charge in [0.25, 0.3) is 5.91 Å². The Morgan fingerprint density at radius 2 is 1.87 bits per heavy atom. The third-order valence-corrected chi connectivity index (χ3v) is 11.7. The van der Waals surface area contributed by atoms with Gasteiger partial charge in [0.05, 0.1) is 24.6 Å². The molecule has 60 heavy (non-hydrogen) atoms. The summed E-state index contributed by atoms with van der Waals surface area (Å²) in [7, 11) is 1.57. The number of ether oxygens (including phenoxy) is 1. The minimum atomic E-state index is -1.22. The van der Waals surface area contributed by atoms with Crippen LogP contribution in [-0.2, 0) is 48.1 Å². The molecule has 7 rings (SSSR count). The smallest absolute Gasteiger partial charge is 0.324 e. The second-order valence-corrected chi connectivity index (χ2v) is 17.1. The first-order chi connectivity index (χ1) is 28.7. The monoisotopic (exact) mass is 822 g/mol. The summed E-state index contributed by atoms with van der Waals surface area (Å²) in [6.07, 6.45) is 8.09. The van der Waals surface area contributed by atoms with E-state index in [1.54, 1.807) is 24.3 Å². The van der Waals surface area contributed by atoms with Gasteiger partial charge in [-0.3, -0.25) is 29.0 Å². The number of hydrogen-bond donors (Lipinski definition) is 2. The van der Waals surface area contributed by atoms with E-state index in [-0.39, 0.29) is 55.6 Å². The van der Waals surface area contributed by atoms with Crippen molar-refractivity contribution in [3.05, 3.63) is 61.0 Å². The van der Waals surface area contributed by atoms with Crippen LogP contribution in [0.5, 0.6) is 0 Å². The van der Waals surface area contributed by atoms with E-state index in [9.17, 15) is 24.0 Å². The van der Waals surface area contributed by atoms with Crippen molar-refractivity contribution in [3.8, 4) is 22.7 Å². The molecular weight excluding hydrogens is 769 g/mol. The largest absolute Gasteiger partial charge is 0.464 e. The number of benzene rings is 1. The number of esters is 1. The first kappa shape index (κ1) is 42.2. The summed E-state index contributed by atoms with van der Waals surface area (Å²) < 4.78 is 14.5. The quantitative estimate of drug-likeness (QED) is 0.195. The lowest BCUT2D eigenvalue weighted by Gasteiger charge is -2.36. The van der Waals surface area contributed by atoms with Crippen LogP contribution in [-0.4, -0.2) is 121 Å². The second kappa shape index (κ2) is 17.3. The maximum atomic E-state index is 14.4. The van der Waals surface area contributed by atoms with Gasteiger partial charge in [0, 0.05) is 73.1 Å². The van der Waals surface area contributed by atoms with Crippen LogP contribution < -0.4 is 10.7 Å². The SMILES string of the molecule is C=CC(=O)N1CC[C@H](C(=O)N(C)[C@H](C(=O)N[C@H]2Cc3nnc(o3)-c3ccc4c(c3)c(c(-c3cncnc3)n4CC)CC(C)(C)COC(=O)[C@@H]3CCCN(N3)C2=O)C(C)C)C1. The molecule has 0 aliphatic carbocycles. The first-order valence-electron chi connectivity index (χ1n) is 20.7. The number of rotatable bonds is 8. The van der Waals surface area contributed by atoms with E-state index in [1.165, 1.54) is 22.3 Å². The molecule has 4 atom stereocenters. The third kappa shape index (κ3) is 8.53. The molecule has 6 bridgehead atoms. The number of nitrogens with one attached hydrogen (secondary N) is 2. The molecule has 2 N–H and O–H groups in total. The lowest BCUT2D eigenvalue weighted by molar-refractivity contribution is -0.155. The Hall–Kier alpha value is -5.97. The molecule has 0 unspecified atom stereocenters. The molecule has 3 aromatic heterocycles. The van der Waals surface area contributed by atoms with Crippen molar-refractivity contribution in [2.75, 3.05) is 33.3 Å². The zero-order valence-electron chi connectivity index (χ0n) is 35.1. The number of cyclic esters (lactones) is 1. The minimum absolute atomic E-state index is 0.107. The van der Waals surface area contributed by atoms with Crippen molar-refractivity contribution in [1.29, 1.82) is 0 Å². The Labute approximate surface area is 348 Å². The highest BCUT2D eigenvalue weighted by molar-refractivity contribution is 5.95. The molecule has 17 nitrogen and oxygen atoms in total. The Balaban J connectivity index is 1.24. The van der Waals surface area contributed by atoms with E-state index in [0.717, 1.165) is 27.7 Å². The highest BCUT2D eigenvalue weighted by atomic mass is 16.5. The average Bonchev–Trinajstić information content (AvgIpc) is 4.00. The number of fused-ring (bicyclic) bond motifs is 6. The number of nitrogens with zero attached hydrogens (tertiary/aromatic N) is 8. The number of hydrogen-bond acceptors (Lipinski definition) is 12. The predicted octanol–water partition coefficient (Wildman–Crippen LogP) is 3.33. The fourth-order valence-electron chi connectivity index (χ4n) is 8.74. The van der Waals surface area contributed by atoms with Crippen LogP contribution in [0.2, 0.25) is 0 Å². The number of amides is 4. The normalized spacial score (nSPS) is 21.4. The number of hydrazine groups is 1. The molecule has 1 aromatic carbocycles. The first-order valence-corrected chi connectivity index (χ1v) is 20.7. The molecular formula is C43H54N10O7. The zero-order chi connectivity index (χ0) is 42.9. The van der Waals surface area contributed by atoms with Crippen LogP contribution >= 0.6 is 0 Å². The van der Waals surface area contributed by atoms with Crippen LogP contribution in [0.15, 0.2) is 54.0 Å². The molecule has 3 aliphatic heterocycles. The number of likely N-dealkylation sites (N-methyl/N-ethyl adjacent to an activating group) is 1. The van der Waals surface area contributed by atoms with Crippen LogP contribution in [0.25, 0.3) is 33.6 Å². The van der Waals surface area contributed by atoms with Crippen LogP contribution in [0, 0.1) is 17.3 Å². The average molecular weight is 823 g/mol. The van der Waals surface area contributed by atoms with Gasteiger partial charge in [0.15, 0.2) is 0 Å². The van der Waals surface area contributed by atoms with Crippen LogP contribution in [0.3, 0.4) is 0 Å². The lowest BCUT2D eigenvalue weighted by Crippen LogP contribution is -2.62.